The van der Waals surface area contributed by atoms with E-state index >= 15 is 0 Å². The van der Waals surface area contributed by atoms with Crippen LogP contribution >= 0.6 is 0 Å². The first-order chi connectivity index (χ1) is 14.1. The number of pyridine rings is 1. The zero-order valence-corrected chi connectivity index (χ0v) is 16.2. The molecule has 0 aliphatic carbocycles. The van der Waals surface area contributed by atoms with Crippen molar-refractivity contribution >= 4 is 23.0 Å². The van der Waals surface area contributed by atoms with Gasteiger partial charge >= 0.3 is 0 Å². The van der Waals surface area contributed by atoms with Crippen LogP contribution in [0.2, 0.25) is 0 Å². The maximum absolute atomic E-state index is 12.7. The van der Waals surface area contributed by atoms with Gasteiger partial charge in [0.2, 0.25) is 0 Å². The zero-order chi connectivity index (χ0) is 20.2. The first-order valence-electron chi connectivity index (χ1n) is 9.21. The Kier molecular flexibility index (Phi) is 5.20. The quantitative estimate of drug-likeness (QED) is 0.680. The number of carbonyl (C=O) groups is 1. The van der Waals surface area contributed by atoms with E-state index in [4.69, 9.17) is 14.2 Å². The smallest absolute Gasteiger partial charge is 0.274 e. The first kappa shape index (κ1) is 18.6. The molecule has 148 valence electrons. The van der Waals surface area contributed by atoms with Crippen LogP contribution in [-0.2, 0) is 0 Å². The van der Waals surface area contributed by atoms with Crippen LogP contribution in [-0.4, -0.2) is 31.2 Å². The molecule has 4 rings (SSSR count). The highest BCUT2D eigenvalue weighted by Gasteiger charge is 2.14. The van der Waals surface area contributed by atoms with E-state index in [0.29, 0.717) is 30.4 Å². The average Bonchev–Trinajstić information content (AvgIpc) is 2.74. The Bertz CT molecular complexity index is 1050. The van der Waals surface area contributed by atoms with Gasteiger partial charge in [-0.3, -0.25) is 9.78 Å². The Balaban J connectivity index is 1.51. The van der Waals surface area contributed by atoms with E-state index in [2.05, 4.69) is 15.6 Å². The minimum Gasteiger partial charge on any atom is -0.495 e. The molecule has 1 aromatic heterocycles. The molecule has 0 saturated heterocycles. The molecule has 0 bridgehead atoms. The number of aromatic nitrogens is 1. The van der Waals surface area contributed by atoms with E-state index in [9.17, 15) is 4.79 Å². The van der Waals surface area contributed by atoms with E-state index < -0.39 is 0 Å². The minimum absolute atomic E-state index is 0.288. The number of nitrogens with zero attached hydrogens (tertiary/aromatic N) is 1. The number of benzene rings is 2. The van der Waals surface area contributed by atoms with E-state index in [1.165, 1.54) is 0 Å². The van der Waals surface area contributed by atoms with Crippen LogP contribution in [0.1, 0.15) is 16.1 Å². The second-order valence-corrected chi connectivity index (χ2v) is 6.57. The van der Waals surface area contributed by atoms with Crippen molar-refractivity contribution in [2.75, 3.05) is 31.0 Å². The van der Waals surface area contributed by atoms with Gasteiger partial charge in [-0.05, 0) is 48.9 Å². The Morgan fingerprint density at radius 2 is 1.79 bits per heavy atom. The summed E-state index contributed by atoms with van der Waals surface area (Å²) < 4.78 is 16.5. The molecule has 1 aliphatic rings. The van der Waals surface area contributed by atoms with Crippen molar-refractivity contribution in [1.29, 1.82) is 0 Å². The average molecular weight is 391 g/mol. The maximum atomic E-state index is 12.7. The highest BCUT2D eigenvalue weighted by molar-refractivity contribution is 6.04. The molecule has 3 aromatic rings. The number of aryl methyl sites for hydroxylation is 1. The molecule has 0 saturated carbocycles. The molecule has 0 fully saturated rings. The summed E-state index contributed by atoms with van der Waals surface area (Å²) in [7, 11) is 1.57. The Morgan fingerprint density at radius 1 is 1.00 bits per heavy atom. The molecular weight excluding hydrogens is 370 g/mol. The Hall–Kier alpha value is -3.74. The van der Waals surface area contributed by atoms with Gasteiger partial charge in [0, 0.05) is 23.6 Å². The summed E-state index contributed by atoms with van der Waals surface area (Å²) in [5, 5.41) is 6.12. The molecule has 0 unspecified atom stereocenters. The lowest BCUT2D eigenvalue weighted by atomic mass is 10.2. The van der Waals surface area contributed by atoms with Gasteiger partial charge in [-0.15, -0.1) is 0 Å². The fourth-order valence-electron chi connectivity index (χ4n) is 3.03. The van der Waals surface area contributed by atoms with E-state index in [-0.39, 0.29) is 11.6 Å². The first-order valence-corrected chi connectivity index (χ1v) is 9.21. The van der Waals surface area contributed by atoms with Crippen LogP contribution in [0.15, 0.2) is 54.7 Å². The number of carbonyl (C=O) groups excluding carboxylic acids is 1. The third kappa shape index (κ3) is 4.24. The molecule has 29 heavy (non-hydrogen) atoms. The van der Waals surface area contributed by atoms with Gasteiger partial charge in [-0.2, -0.15) is 0 Å². The van der Waals surface area contributed by atoms with E-state index in [1.54, 1.807) is 25.4 Å². The number of methoxy groups -OCH3 is 1. The Morgan fingerprint density at radius 3 is 2.62 bits per heavy atom. The summed E-state index contributed by atoms with van der Waals surface area (Å²) in [5.74, 6) is 1.69. The third-order valence-electron chi connectivity index (χ3n) is 4.43. The summed E-state index contributed by atoms with van der Waals surface area (Å²) >= 11 is 0. The predicted octanol–water partition coefficient (Wildman–Crippen LogP) is 4.17. The van der Waals surface area contributed by atoms with Crippen LogP contribution in [0.5, 0.6) is 17.2 Å². The highest BCUT2D eigenvalue weighted by Crippen LogP contribution is 2.33. The van der Waals surface area contributed by atoms with Crippen LogP contribution in [0.4, 0.5) is 17.1 Å². The largest absolute Gasteiger partial charge is 0.495 e. The molecule has 2 N–H and O–H groups in total. The van der Waals surface area contributed by atoms with Crippen molar-refractivity contribution in [3.8, 4) is 17.2 Å². The van der Waals surface area contributed by atoms with Crippen molar-refractivity contribution < 1.29 is 19.0 Å². The van der Waals surface area contributed by atoms with E-state index in [1.807, 2.05) is 43.3 Å². The molecule has 0 atom stereocenters. The highest BCUT2D eigenvalue weighted by atomic mass is 16.6. The number of hydrogen-bond acceptors (Lipinski definition) is 6. The van der Waals surface area contributed by atoms with Crippen LogP contribution < -0.4 is 24.8 Å². The van der Waals surface area contributed by atoms with Gasteiger partial charge in [0.1, 0.15) is 24.7 Å². The predicted molar refractivity (Wildman–Crippen MR) is 111 cm³/mol. The number of nitrogens with one attached hydrogen (secondary N) is 2. The summed E-state index contributed by atoms with van der Waals surface area (Å²) in [5.41, 5.74) is 3.47. The molecule has 2 aromatic carbocycles. The molecule has 1 aliphatic heterocycles. The SMILES string of the molecule is COc1ccc(C)cc1NC(=O)c1cc(Nc2ccc3c(c2)OCCO3)ccn1. The molecular formula is C22H21N3O4. The number of anilines is 3. The lowest BCUT2D eigenvalue weighted by Gasteiger charge is -2.19. The van der Waals surface area contributed by atoms with Gasteiger partial charge < -0.3 is 24.8 Å². The van der Waals surface area contributed by atoms with Gasteiger partial charge in [-0.25, -0.2) is 0 Å². The minimum atomic E-state index is -0.320. The number of rotatable bonds is 5. The van der Waals surface area contributed by atoms with Crippen molar-refractivity contribution in [2.24, 2.45) is 0 Å². The molecule has 0 radical (unpaired) electrons. The summed E-state index contributed by atoms with van der Waals surface area (Å²) in [4.78, 5) is 16.9. The topological polar surface area (TPSA) is 81.7 Å². The van der Waals surface area contributed by atoms with Crippen LogP contribution in [0.3, 0.4) is 0 Å². The second kappa shape index (κ2) is 8.10. The number of amides is 1. The maximum Gasteiger partial charge on any atom is 0.274 e. The zero-order valence-electron chi connectivity index (χ0n) is 16.2. The van der Waals surface area contributed by atoms with Crippen LogP contribution in [0, 0.1) is 6.92 Å². The number of hydrogen-bond donors (Lipinski definition) is 2. The van der Waals surface area contributed by atoms with Gasteiger partial charge in [0.15, 0.2) is 11.5 Å². The van der Waals surface area contributed by atoms with E-state index in [0.717, 1.165) is 22.7 Å². The van der Waals surface area contributed by atoms with Crippen molar-refractivity contribution in [3.05, 3.63) is 66.0 Å². The van der Waals surface area contributed by atoms with Crippen molar-refractivity contribution in [2.45, 2.75) is 6.92 Å². The Labute approximate surface area is 168 Å². The summed E-state index contributed by atoms with van der Waals surface area (Å²) in [6.07, 6.45) is 1.59. The molecule has 1 amide bonds. The monoisotopic (exact) mass is 391 g/mol. The second-order valence-electron chi connectivity index (χ2n) is 6.57. The standard InChI is InChI=1S/C22H21N3O4/c1-14-3-5-19(27-2)17(11-14)25-22(26)18-12-16(7-8-23-18)24-15-4-6-20-21(13-15)29-10-9-28-20/h3-8,11-13H,9-10H2,1-2H3,(H,23,24)(H,25,26). The van der Waals surface area contributed by atoms with Gasteiger partial charge in [0.25, 0.3) is 5.91 Å². The van der Waals surface area contributed by atoms with Gasteiger partial charge in [-0.1, -0.05) is 6.07 Å². The normalized spacial score (nSPS) is 12.2. The van der Waals surface area contributed by atoms with Crippen LogP contribution in [0.25, 0.3) is 0 Å². The lowest BCUT2D eigenvalue weighted by Crippen LogP contribution is -2.15. The number of ether oxygens (including phenoxy) is 3. The number of fused-ring (bicyclic) bond motifs is 1. The fraction of sp³-hybridized carbons (Fsp3) is 0.182. The lowest BCUT2D eigenvalue weighted by molar-refractivity contribution is 0.102. The molecule has 7 nitrogen and oxygen atoms in total. The summed E-state index contributed by atoms with van der Waals surface area (Å²) in [6.45, 7) is 3.03. The van der Waals surface area contributed by atoms with Gasteiger partial charge in [0.05, 0.1) is 12.8 Å². The molecule has 2 heterocycles. The third-order valence-corrected chi connectivity index (χ3v) is 4.43. The molecule has 0 spiro atoms. The van der Waals surface area contributed by atoms with Crippen molar-refractivity contribution in [3.63, 3.8) is 0 Å². The summed E-state index contributed by atoms with van der Waals surface area (Å²) in [6, 6.07) is 14.7. The fourth-order valence-corrected chi connectivity index (χ4v) is 3.03. The van der Waals surface area contributed by atoms with Crippen molar-refractivity contribution in [1.82, 2.24) is 4.98 Å². The molecule has 7 heteroatoms.